The largest absolute Gasteiger partial charge is 0.379 e. The van der Waals surface area contributed by atoms with E-state index in [2.05, 4.69) is 27.2 Å². The maximum Gasteiger partial charge on any atom is 0.0702 e. The molecule has 2 N–H and O–H groups in total. The number of benzene rings is 1. The van der Waals surface area contributed by atoms with Gasteiger partial charge in [-0.2, -0.15) is 0 Å². The van der Waals surface area contributed by atoms with Crippen LogP contribution in [0.5, 0.6) is 0 Å². The summed E-state index contributed by atoms with van der Waals surface area (Å²) in [6.45, 7) is 2.75. The highest BCUT2D eigenvalue weighted by Crippen LogP contribution is 2.34. The summed E-state index contributed by atoms with van der Waals surface area (Å²) in [7, 11) is 0. The number of aromatic nitrogens is 3. The van der Waals surface area contributed by atoms with E-state index in [1.807, 2.05) is 42.9 Å². The van der Waals surface area contributed by atoms with Gasteiger partial charge < -0.3 is 10.3 Å². The first-order chi connectivity index (χ1) is 11.2. The molecule has 114 valence electrons. The first kappa shape index (κ1) is 14.0. The minimum absolute atomic E-state index is 0.690. The summed E-state index contributed by atoms with van der Waals surface area (Å²) in [5.41, 5.74) is 5.30. The molecular formula is C18H15ClN4. The molecule has 5 heteroatoms. The molecule has 3 heterocycles. The third kappa shape index (κ3) is 2.51. The topological polar surface area (TPSA) is 53.6 Å². The number of anilines is 1. The van der Waals surface area contributed by atoms with Crippen molar-refractivity contribution >= 4 is 39.1 Å². The van der Waals surface area contributed by atoms with E-state index in [-0.39, 0.29) is 0 Å². The van der Waals surface area contributed by atoms with Crippen LogP contribution in [-0.4, -0.2) is 15.0 Å². The Balaban J connectivity index is 1.83. The van der Waals surface area contributed by atoms with Crippen molar-refractivity contribution in [2.24, 2.45) is 0 Å². The molecule has 0 spiro atoms. The van der Waals surface area contributed by atoms with E-state index in [4.69, 9.17) is 11.6 Å². The Hall–Kier alpha value is -2.59. The van der Waals surface area contributed by atoms with Crippen LogP contribution in [0.4, 0.5) is 5.69 Å². The van der Waals surface area contributed by atoms with Gasteiger partial charge in [0.15, 0.2) is 0 Å². The number of H-pyrrole nitrogens is 1. The molecule has 23 heavy (non-hydrogen) atoms. The predicted octanol–water partition coefficient (Wildman–Crippen LogP) is 4.69. The highest BCUT2D eigenvalue weighted by molar-refractivity contribution is 6.32. The zero-order valence-electron chi connectivity index (χ0n) is 12.6. The van der Waals surface area contributed by atoms with Crippen molar-refractivity contribution in [3.8, 4) is 0 Å². The van der Waals surface area contributed by atoms with Crippen LogP contribution in [0.15, 0.2) is 49.1 Å². The van der Waals surface area contributed by atoms with Crippen molar-refractivity contribution in [2.45, 2.75) is 13.5 Å². The number of fused-ring (bicyclic) bond motifs is 3. The van der Waals surface area contributed by atoms with Gasteiger partial charge in [-0.3, -0.25) is 9.97 Å². The van der Waals surface area contributed by atoms with Crippen LogP contribution in [0.25, 0.3) is 21.8 Å². The van der Waals surface area contributed by atoms with Gasteiger partial charge >= 0.3 is 0 Å². The lowest BCUT2D eigenvalue weighted by Crippen LogP contribution is -2.00. The number of aromatic amines is 1. The van der Waals surface area contributed by atoms with Crippen LogP contribution in [0.3, 0.4) is 0 Å². The van der Waals surface area contributed by atoms with Gasteiger partial charge in [-0.15, -0.1) is 0 Å². The van der Waals surface area contributed by atoms with E-state index in [0.717, 1.165) is 33.2 Å². The monoisotopic (exact) mass is 322 g/mol. The smallest absolute Gasteiger partial charge is 0.0702 e. The molecule has 0 aliphatic carbocycles. The second kappa shape index (κ2) is 5.56. The first-order valence-electron chi connectivity index (χ1n) is 7.40. The molecule has 3 aromatic heterocycles. The zero-order valence-corrected chi connectivity index (χ0v) is 13.4. The van der Waals surface area contributed by atoms with Crippen molar-refractivity contribution in [1.29, 1.82) is 0 Å². The van der Waals surface area contributed by atoms with Gasteiger partial charge in [-0.25, -0.2) is 0 Å². The highest BCUT2D eigenvalue weighted by atomic mass is 35.5. The van der Waals surface area contributed by atoms with Gasteiger partial charge in [0.25, 0.3) is 0 Å². The molecule has 4 rings (SSSR count). The summed E-state index contributed by atoms with van der Waals surface area (Å²) < 4.78 is 0. The molecule has 0 fully saturated rings. The number of pyridine rings is 2. The number of nitrogens with one attached hydrogen (secondary N) is 2. The molecule has 0 aliphatic rings. The SMILES string of the molecule is Cc1cncc2[nH]c3c(NCc4cccnc4)cc(Cl)cc3c12. The maximum atomic E-state index is 6.33. The molecule has 0 radical (unpaired) electrons. The third-order valence-corrected chi connectivity index (χ3v) is 4.19. The van der Waals surface area contributed by atoms with Gasteiger partial charge in [0.2, 0.25) is 0 Å². The fraction of sp³-hybridized carbons (Fsp3) is 0.111. The minimum atomic E-state index is 0.690. The summed E-state index contributed by atoms with van der Waals surface area (Å²) in [4.78, 5) is 11.9. The Bertz CT molecular complexity index is 992. The second-order valence-electron chi connectivity index (χ2n) is 5.59. The van der Waals surface area contributed by atoms with Crippen LogP contribution >= 0.6 is 11.6 Å². The molecule has 1 aromatic carbocycles. The molecule has 4 aromatic rings. The molecule has 0 bridgehead atoms. The van der Waals surface area contributed by atoms with Crippen LogP contribution < -0.4 is 5.32 Å². The van der Waals surface area contributed by atoms with E-state index >= 15 is 0 Å². The van der Waals surface area contributed by atoms with Gasteiger partial charge in [-0.05, 0) is 36.2 Å². The number of halogens is 1. The van der Waals surface area contributed by atoms with E-state index in [0.29, 0.717) is 11.6 Å². The zero-order chi connectivity index (χ0) is 15.8. The van der Waals surface area contributed by atoms with Crippen LogP contribution in [0.1, 0.15) is 11.1 Å². The van der Waals surface area contributed by atoms with E-state index in [1.54, 1.807) is 6.20 Å². The Morgan fingerprint density at radius 3 is 2.91 bits per heavy atom. The molecule has 0 atom stereocenters. The average molecular weight is 323 g/mol. The lowest BCUT2D eigenvalue weighted by molar-refractivity contribution is 1.11. The first-order valence-corrected chi connectivity index (χ1v) is 7.78. The number of rotatable bonds is 3. The summed E-state index contributed by atoms with van der Waals surface area (Å²) in [5.74, 6) is 0. The lowest BCUT2D eigenvalue weighted by atomic mass is 10.1. The Morgan fingerprint density at radius 1 is 1.17 bits per heavy atom. The number of hydrogen-bond donors (Lipinski definition) is 2. The fourth-order valence-electron chi connectivity index (χ4n) is 2.93. The number of nitrogens with zero attached hydrogens (tertiary/aromatic N) is 2. The Morgan fingerprint density at radius 2 is 2.09 bits per heavy atom. The van der Waals surface area contributed by atoms with Crippen LogP contribution in [0.2, 0.25) is 5.02 Å². The number of aryl methyl sites for hydroxylation is 1. The quantitative estimate of drug-likeness (QED) is 0.575. The Labute approximate surface area is 138 Å². The highest BCUT2D eigenvalue weighted by Gasteiger charge is 2.11. The van der Waals surface area contributed by atoms with Gasteiger partial charge in [0, 0.05) is 40.9 Å². The van der Waals surface area contributed by atoms with Crippen molar-refractivity contribution in [3.05, 3.63) is 65.2 Å². The molecule has 4 nitrogen and oxygen atoms in total. The second-order valence-corrected chi connectivity index (χ2v) is 6.03. The maximum absolute atomic E-state index is 6.33. The van der Waals surface area contributed by atoms with E-state index < -0.39 is 0 Å². The molecular weight excluding hydrogens is 308 g/mol. The fourth-order valence-corrected chi connectivity index (χ4v) is 3.15. The van der Waals surface area contributed by atoms with Crippen LogP contribution in [-0.2, 0) is 6.54 Å². The lowest BCUT2D eigenvalue weighted by Gasteiger charge is -2.08. The van der Waals surface area contributed by atoms with Crippen molar-refractivity contribution in [1.82, 2.24) is 15.0 Å². The van der Waals surface area contributed by atoms with Crippen LogP contribution in [0, 0.1) is 6.92 Å². The van der Waals surface area contributed by atoms with Crippen molar-refractivity contribution in [3.63, 3.8) is 0 Å². The predicted molar refractivity (Wildman–Crippen MR) is 94.9 cm³/mol. The third-order valence-electron chi connectivity index (χ3n) is 3.97. The van der Waals surface area contributed by atoms with E-state index in [9.17, 15) is 0 Å². The Kier molecular flexibility index (Phi) is 3.39. The molecule has 0 saturated carbocycles. The normalized spacial score (nSPS) is 11.2. The van der Waals surface area contributed by atoms with Gasteiger partial charge in [0.05, 0.1) is 22.9 Å². The number of hydrogen-bond acceptors (Lipinski definition) is 3. The molecule has 0 unspecified atom stereocenters. The molecule has 0 saturated heterocycles. The summed E-state index contributed by atoms with van der Waals surface area (Å²) in [6, 6.07) is 7.92. The minimum Gasteiger partial charge on any atom is -0.379 e. The molecule has 0 aliphatic heterocycles. The van der Waals surface area contributed by atoms with Crippen molar-refractivity contribution in [2.75, 3.05) is 5.32 Å². The standard InChI is InChI=1S/C18H15ClN4/c1-11-7-21-10-16-17(11)14-5-13(19)6-15(18(14)23-16)22-9-12-3-2-4-20-8-12/h2-8,10,22-23H,9H2,1H3. The average Bonchev–Trinajstić information content (AvgIpc) is 2.93. The van der Waals surface area contributed by atoms with Gasteiger partial charge in [-0.1, -0.05) is 17.7 Å². The summed E-state index contributed by atoms with van der Waals surface area (Å²) >= 11 is 6.33. The summed E-state index contributed by atoms with van der Waals surface area (Å²) in [5, 5.41) is 6.44. The molecule has 0 amide bonds. The van der Waals surface area contributed by atoms with Crippen molar-refractivity contribution < 1.29 is 0 Å². The van der Waals surface area contributed by atoms with Gasteiger partial charge in [0.1, 0.15) is 0 Å². The van der Waals surface area contributed by atoms with E-state index in [1.165, 1.54) is 5.39 Å². The summed E-state index contributed by atoms with van der Waals surface area (Å²) in [6.07, 6.45) is 7.35.